The van der Waals surface area contributed by atoms with Crippen LogP contribution in [0.15, 0.2) is 35.5 Å². The summed E-state index contributed by atoms with van der Waals surface area (Å²) in [6.07, 6.45) is 2.69. The van der Waals surface area contributed by atoms with Crippen molar-refractivity contribution in [3.05, 3.63) is 45.9 Å². The number of aromatic nitrogens is 1. The number of aromatic hydroxyl groups is 1. The molecule has 0 unspecified atom stereocenters. The summed E-state index contributed by atoms with van der Waals surface area (Å²) in [7, 11) is 0. The van der Waals surface area contributed by atoms with Crippen molar-refractivity contribution in [3.8, 4) is 5.75 Å². The number of benzene rings is 1. The summed E-state index contributed by atoms with van der Waals surface area (Å²) in [5.41, 5.74) is 0.516. The van der Waals surface area contributed by atoms with Gasteiger partial charge in [-0.1, -0.05) is 0 Å². The van der Waals surface area contributed by atoms with E-state index in [1.165, 1.54) is 17.0 Å². The molecular formula is C18H25N5O2S. The Kier molecular flexibility index (Phi) is 7.88. The number of rotatable bonds is 8. The highest BCUT2D eigenvalue weighted by atomic mass is 32.1. The third kappa shape index (κ3) is 6.72. The number of carbonyl (C=O) groups excluding carboxylic acids is 1. The van der Waals surface area contributed by atoms with E-state index >= 15 is 0 Å². The van der Waals surface area contributed by atoms with E-state index in [1.807, 2.05) is 20.0 Å². The number of aryl methyl sites for hydroxylation is 1. The van der Waals surface area contributed by atoms with E-state index in [0.717, 1.165) is 23.9 Å². The Labute approximate surface area is 157 Å². The molecule has 0 aliphatic carbocycles. The van der Waals surface area contributed by atoms with Gasteiger partial charge in [-0.2, -0.15) is 0 Å². The standard InChI is InChI=1S/C18H25N5O2S/c1-3-19-18(21-9-8-16-23-12-13(2)26-16)22-11-10-20-17(25)14-4-6-15(24)7-5-14/h4-7,12,24H,3,8-11H2,1-2H3,(H,20,25)(H2,19,21,22). The first-order chi connectivity index (χ1) is 12.6. The van der Waals surface area contributed by atoms with Crippen LogP contribution >= 0.6 is 11.3 Å². The lowest BCUT2D eigenvalue weighted by atomic mass is 10.2. The Morgan fingerprint density at radius 2 is 1.92 bits per heavy atom. The number of phenols is 1. The first kappa shape index (κ1) is 19.7. The fourth-order valence-electron chi connectivity index (χ4n) is 2.19. The highest BCUT2D eigenvalue weighted by Crippen LogP contribution is 2.11. The van der Waals surface area contributed by atoms with Crippen LogP contribution in [-0.4, -0.2) is 48.1 Å². The summed E-state index contributed by atoms with van der Waals surface area (Å²) in [5.74, 6) is 0.690. The number of hydrogen-bond acceptors (Lipinski definition) is 5. The highest BCUT2D eigenvalue weighted by Gasteiger charge is 2.05. The molecule has 2 aromatic rings. The van der Waals surface area contributed by atoms with Gasteiger partial charge >= 0.3 is 0 Å². The lowest BCUT2D eigenvalue weighted by molar-refractivity contribution is 0.0954. The molecular weight excluding hydrogens is 350 g/mol. The van der Waals surface area contributed by atoms with E-state index in [4.69, 9.17) is 0 Å². The number of thiazole rings is 1. The maximum absolute atomic E-state index is 12.0. The maximum Gasteiger partial charge on any atom is 0.251 e. The number of phenolic OH excluding ortho intramolecular Hbond substituents is 1. The van der Waals surface area contributed by atoms with Crippen molar-refractivity contribution >= 4 is 23.2 Å². The van der Waals surface area contributed by atoms with Crippen molar-refractivity contribution in [2.24, 2.45) is 4.99 Å². The number of guanidine groups is 1. The molecule has 0 radical (unpaired) electrons. The molecule has 0 saturated carbocycles. The predicted octanol–water partition coefficient (Wildman–Crippen LogP) is 1.68. The lowest BCUT2D eigenvalue weighted by Crippen LogP contribution is -2.41. The Morgan fingerprint density at radius 1 is 1.19 bits per heavy atom. The van der Waals surface area contributed by atoms with Crippen molar-refractivity contribution in [1.29, 1.82) is 0 Å². The molecule has 26 heavy (non-hydrogen) atoms. The molecule has 1 aromatic carbocycles. The van der Waals surface area contributed by atoms with Crippen LogP contribution in [0.2, 0.25) is 0 Å². The normalized spacial score (nSPS) is 11.2. The van der Waals surface area contributed by atoms with Gasteiger partial charge in [0.25, 0.3) is 5.91 Å². The molecule has 1 aromatic heterocycles. The van der Waals surface area contributed by atoms with E-state index in [9.17, 15) is 9.90 Å². The zero-order valence-electron chi connectivity index (χ0n) is 15.1. The van der Waals surface area contributed by atoms with Gasteiger partial charge in [-0.15, -0.1) is 11.3 Å². The van der Waals surface area contributed by atoms with Gasteiger partial charge in [-0.3, -0.25) is 9.79 Å². The predicted molar refractivity (Wildman–Crippen MR) is 105 cm³/mol. The van der Waals surface area contributed by atoms with Gasteiger partial charge in [-0.25, -0.2) is 4.98 Å². The SMILES string of the molecule is CCNC(=NCCc1ncc(C)s1)NCCNC(=O)c1ccc(O)cc1. The molecule has 1 heterocycles. The molecule has 140 valence electrons. The fraction of sp³-hybridized carbons (Fsp3) is 0.389. The van der Waals surface area contributed by atoms with E-state index in [1.54, 1.807) is 23.5 Å². The molecule has 0 spiro atoms. The van der Waals surface area contributed by atoms with Crippen LogP contribution < -0.4 is 16.0 Å². The summed E-state index contributed by atoms with van der Waals surface area (Å²) < 4.78 is 0. The molecule has 0 saturated heterocycles. The smallest absolute Gasteiger partial charge is 0.251 e. The first-order valence-electron chi connectivity index (χ1n) is 8.59. The second-order valence-corrected chi connectivity index (χ2v) is 6.92. The number of hydrogen-bond donors (Lipinski definition) is 4. The number of nitrogens with zero attached hydrogens (tertiary/aromatic N) is 2. The van der Waals surface area contributed by atoms with Crippen LogP contribution in [0.25, 0.3) is 0 Å². The van der Waals surface area contributed by atoms with Crippen molar-refractivity contribution < 1.29 is 9.90 Å². The zero-order valence-corrected chi connectivity index (χ0v) is 15.9. The lowest BCUT2D eigenvalue weighted by Gasteiger charge is -2.11. The zero-order chi connectivity index (χ0) is 18.8. The van der Waals surface area contributed by atoms with Crippen LogP contribution in [0.3, 0.4) is 0 Å². The largest absolute Gasteiger partial charge is 0.508 e. The molecule has 0 atom stereocenters. The minimum Gasteiger partial charge on any atom is -0.508 e. The third-order valence-corrected chi connectivity index (χ3v) is 4.41. The van der Waals surface area contributed by atoms with Crippen molar-refractivity contribution in [3.63, 3.8) is 0 Å². The molecule has 0 bridgehead atoms. The maximum atomic E-state index is 12.0. The average molecular weight is 375 g/mol. The summed E-state index contributed by atoms with van der Waals surface area (Å²) in [6.45, 7) is 6.50. The van der Waals surface area contributed by atoms with Crippen LogP contribution in [0.4, 0.5) is 0 Å². The van der Waals surface area contributed by atoms with Gasteiger partial charge in [0, 0.05) is 49.2 Å². The fourth-order valence-corrected chi connectivity index (χ4v) is 2.97. The minimum absolute atomic E-state index is 0.141. The van der Waals surface area contributed by atoms with Crippen LogP contribution in [0.5, 0.6) is 5.75 Å². The topological polar surface area (TPSA) is 98.6 Å². The Morgan fingerprint density at radius 3 is 2.58 bits per heavy atom. The van der Waals surface area contributed by atoms with Crippen molar-refractivity contribution in [1.82, 2.24) is 20.9 Å². The van der Waals surface area contributed by atoms with E-state index in [2.05, 4.69) is 25.9 Å². The van der Waals surface area contributed by atoms with Gasteiger partial charge in [-0.05, 0) is 38.1 Å². The van der Waals surface area contributed by atoms with Gasteiger partial charge in [0.1, 0.15) is 5.75 Å². The van der Waals surface area contributed by atoms with Gasteiger partial charge in [0.2, 0.25) is 0 Å². The van der Waals surface area contributed by atoms with Crippen molar-refractivity contribution in [2.75, 3.05) is 26.2 Å². The summed E-state index contributed by atoms with van der Waals surface area (Å²) in [4.78, 5) is 22.0. The number of nitrogens with one attached hydrogen (secondary N) is 3. The Bertz CT molecular complexity index is 727. The molecule has 4 N–H and O–H groups in total. The molecule has 2 rings (SSSR count). The summed E-state index contributed by atoms with van der Waals surface area (Å²) in [5, 5.41) is 19.5. The molecule has 0 aliphatic rings. The van der Waals surface area contributed by atoms with Gasteiger partial charge in [0.05, 0.1) is 5.01 Å². The summed E-state index contributed by atoms with van der Waals surface area (Å²) >= 11 is 1.69. The van der Waals surface area contributed by atoms with E-state index < -0.39 is 0 Å². The second kappa shape index (κ2) is 10.4. The molecule has 0 fully saturated rings. The van der Waals surface area contributed by atoms with E-state index in [-0.39, 0.29) is 11.7 Å². The monoisotopic (exact) mass is 375 g/mol. The van der Waals surface area contributed by atoms with Gasteiger partial charge < -0.3 is 21.1 Å². The van der Waals surface area contributed by atoms with Crippen LogP contribution in [-0.2, 0) is 6.42 Å². The average Bonchev–Trinajstić information content (AvgIpc) is 3.04. The van der Waals surface area contributed by atoms with Gasteiger partial charge in [0.15, 0.2) is 5.96 Å². The van der Waals surface area contributed by atoms with Crippen LogP contribution in [0.1, 0.15) is 27.2 Å². The second-order valence-electron chi connectivity index (χ2n) is 5.60. The third-order valence-electron chi connectivity index (χ3n) is 3.44. The molecule has 8 heteroatoms. The van der Waals surface area contributed by atoms with E-state index in [0.29, 0.717) is 25.2 Å². The van der Waals surface area contributed by atoms with Crippen LogP contribution in [0, 0.1) is 6.92 Å². The Balaban J connectivity index is 1.72. The molecule has 1 amide bonds. The summed E-state index contributed by atoms with van der Waals surface area (Å²) in [6, 6.07) is 6.16. The number of amides is 1. The molecule has 7 nitrogen and oxygen atoms in total. The van der Waals surface area contributed by atoms with Crippen molar-refractivity contribution in [2.45, 2.75) is 20.3 Å². The quantitative estimate of drug-likeness (QED) is 0.320. The first-order valence-corrected chi connectivity index (χ1v) is 9.41. The Hall–Kier alpha value is -2.61. The molecule has 0 aliphatic heterocycles. The minimum atomic E-state index is -0.173. The number of carbonyl (C=O) groups is 1. The number of aliphatic imine (C=N–C) groups is 1. The highest BCUT2D eigenvalue weighted by molar-refractivity contribution is 7.11.